The highest BCUT2D eigenvalue weighted by Gasteiger charge is 2.41. The predicted octanol–water partition coefficient (Wildman–Crippen LogP) is 2.66. The fourth-order valence-electron chi connectivity index (χ4n) is 2.22. The zero-order chi connectivity index (χ0) is 13.3. The molecule has 1 aromatic heterocycles. The maximum atomic E-state index is 12.7. The fourth-order valence-corrected chi connectivity index (χ4v) is 2.22. The van der Waals surface area contributed by atoms with Gasteiger partial charge in [-0.15, -0.1) is 0 Å². The molecular weight excluding hydrogens is 243 g/mol. The topological polar surface area (TPSA) is 48.7 Å². The molecule has 2 rings (SSSR count). The van der Waals surface area contributed by atoms with Crippen molar-refractivity contribution in [1.82, 2.24) is 4.98 Å². The molecule has 6 heteroatoms. The summed E-state index contributed by atoms with van der Waals surface area (Å²) in [6.07, 6.45) is -3.88. The Bertz CT molecular complexity index is 503. The number of nitrogens with one attached hydrogen (secondary N) is 1. The lowest BCUT2D eigenvalue weighted by molar-refractivity contribution is -0.177. The summed E-state index contributed by atoms with van der Waals surface area (Å²) in [6.45, 7) is 0. The summed E-state index contributed by atoms with van der Waals surface area (Å²) in [5.74, 6) is -0.888. The minimum Gasteiger partial charge on any atom is -0.372 e. The van der Waals surface area contributed by atoms with Gasteiger partial charge in [-0.1, -0.05) is 0 Å². The fraction of sp³-hybridized carbons (Fsp3) is 0.500. The van der Waals surface area contributed by atoms with Crippen LogP contribution in [0.2, 0.25) is 0 Å². The number of aromatic nitrogens is 1. The molecule has 1 heterocycles. The molecule has 1 N–H and O–H groups in total. The number of hydrogen-bond acceptors (Lipinski definition) is 3. The van der Waals surface area contributed by atoms with Gasteiger partial charge in [0.2, 0.25) is 0 Å². The van der Waals surface area contributed by atoms with Crippen molar-refractivity contribution in [2.45, 2.75) is 25.4 Å². The maximum Gasteiger partial charge on any atom is 0.392 e. The van der Waals surface area contributed by atoms with Crippen molar-refractivity contribution < 1.29 is 13.2 Å². The third kappa shape index (κ3) is 2.26. The van der Waals surface area contributed by atoms with E-state index in [1.165, 1.54) is 6.07 Å². The second-order valence-electron chi connectivity index (χ2n) is 4.33. The zero-order valence-corrected chi connectivity index (χ0v) is 9.80. The van der Waals surface area contributed by atoms with Crippen LogP contribution in [0.5, 0.6) is 0 Å². The summed E-state index contributed by atoms with van der Waals surface area (Å²) in [6, 6.07) is 3.46. The molecule has 0 saturated carbocycles. The van der Waals surface area contributed by atoms with E-state index in [2.05, 4.69) is 10.3 Å². The molecular formula is C12H12F3N3. The second-order valence-corrected chi connectivity index (χ2v) is 4.33. The number of anilines is 1. The third-order valence-corrected chi connectivity index (χ3v) is 3.21. The monoisotopic (exact) mass is 255 g/mol. The molecule has 1 unspecified atom stereocenters. The van der Waals surface area contributed by atoms with Crippen LogP contribution in [0.3, 0.4) is 0 Å². The molecule has 0 spiro atoms. The molecule has 1 aromatic rings. The Labute approximate surface area is 103 Å². The number of pyridine rings is 1. The van der Waals surface area contributed by atoms with Crippen molar-refractivity contribution in [3.63, 3.8) is 0 Å². The van der Waals surface area contributed by atoms with Crippen molar-refractivity contribution >= 4 is 5.82 Å². The average Bonchev–Trinajstić information content (AvgIpc) is 2.35. The summed E-state index contributed by atoms with van der Waals surface area (Å²) in [7, 11) is 1.64. The van der Waals surface area contributed by atoms with Gasteiger partial charge in [-0.3, -0.25) is 0 Å². The zero-order valence-electron chi connectivity index (χ0n) is 9.80. The lowest BCUT2D eigenvalue weighted by Crippen LogP contribution is -2.29. The Morgan fingerprint density at radius 3 is 2.78 bits per heavy atom. The first kappa shape index (κ1) is 12.7. The van der Waals surface area contributed by atoms with Crippen LogP contribution in [0.1, 0.15) is 23.2 Å². The van der Waals surface area contributed by atoms with Gasteiger partial charge in [0.1, 0.15) is 11.9 Å². The third-order valence-electron chi connectivity index (χ3n) is 3.21. The van der Waals surface area contributed by atoms with Crippen molar-refractivity contribution in [3.8, 4) is 6.07 Å². The van der Waals surface area contributed by atoms with Gasteiger partial charge < -0.3 is 5.32 Å². The van der Waals surface area contributed by atoms with Gasteiger partial charge in [0.15, 0.2) is 0 Å². The second kappa shape index (κ2) is 4.48. The quantitative estimate of drug-likeness (QED) is 0.839. The smallest absolute Gasteiger partial charge is 0.372 e. The normalized spacial score (nSPS) is 18.9. The van der Waals surface area contributed by atoms with Crippen molar-refractivity contribution in [2.75, 3.05) is 12.4 Å². The number of nitriles is 1. The van der Waals surface area contributed by atoms with Crippen LogP contribution in [-0.4, -0.2) is 18.2 Å². The van der Waals surface area contributed by atoms with E-state index in [9.17, 15) is 13.2 Å². The van der Waals surface area contributed by atoms with E-state index in [0.717, 1.165) is 0 Å². The molecule has 3 nitrogen and oxygen atoms in total. The molecule has 1 aliphatic rings. The van der Waals surface area contributed by atoms with Crippen LogP contribution in [0, 0.1) is 17.2 Å². The molecule has 0 saturated heterocycles. The van der Waals surface area contributed by atoms with Gasteiger partial charge in [-0.25, -0.2) is 4.98 Å². The average molecular weight is 255 g/mol. The number of alkyl halides is 3. The molecule has 0 radical (unpaired) electrons. The molecule has 18 heavy (non-hydrogen) atoms. The van der Waals surface area contributed by atoms with Crippen LogP contribution in [0.25, 0.3) is 0 Å². The van der Waals surface area contributed by atoms with E-state index >= 15 is 0 Å². The van der Waals surface area contributed by atoms with Crippen molar-refractivity contribution in [2.24, 2.45) is 5.92 Å². The first-order chi connectivity index (χ1) is 8.45. The SMILES string of the molecule is CNc1nc2c(cc1C#N)CC(C(F)(F)F)CC2. The Balaban J connectivity index is 2.36. The van der Waals surface area contributed by atoms with Crippen LogP contribution in [0.15, 0.2) is 6.07 Å². The van der Waals surface area contributed by atoms with Crippen LogP contribution >= 0.6 is 0 Å². The summed E-state index contributed by atoms with van der Waals surface area (Å²) in [4.78, 5) is 4.22. The highest BCUT2D eigenvalue weighted by Crippen LogP contribution is 2.37. The first-order valence-electron chi connectivity index (χ1n) is 5.63. The summed E-state index contributed by atoms with van der Waals surface area (Å²) in [5.41, 5.74) is 1.50. The minimum absolute atomic E-state index is 0.0680. The van der Waals surface area contributed by atoms with Crippen LogP contribution in [-0.2, 0) is 12.8 Å². The van der Waals surface area contributed by atoms with Gasteiger partial charge in [0, 0.05) is 12.7 Å². The molecule has 96 valence electrons. The number of rotatable bonds is 1. The van der Waals surface area contributed by atoms with Gasteiger partial charge in [0.05, 0.1) is 11.5 Å². The Morgan fingerprint density at radius 1 is 1.50 bits per heavy atom. The number of hydrogen-bond donors (Lipinski definition) is 1. The van der Waals surface area contributed by atoms with E-state index in [-0.39, 0.29) is 12.8 Å². The lowest BCUT2D eigenvalue weighted by atomic mass is 9.85. The van der Waals surface area contributed by atoms with E-state index in [4.69, 9.17) is 5.26 Å². The van der Waals surface area contributed by atoms with Crippen LogP contribution in [0.4, 0.5) is 19.0 Å². The number of nitrogens with zero attached hydrogens (tertiary/aromatic N) is 2. The molecule has 1 atom stereocenters. The van der Waals surface area contributed by atoms with Gasteiger partial charge >= 0.3 is 6.18 Å². The number of aryl methyl sites for hydroxylation is 1. The van der Waals surface area contributed by atoms with Crippen molar-refractivity contribution in [1.29, 1.82) is 5.26 Å². The summed E-state index contributed by atoms with van der Waals surface area (Å²) < 4.78 is 38.0. The highest BCUT2D eigenvalue weighted by molar-refractivity contribution is 5.54. The lowest BCUT2D eigenvalue weighted by Gasteiger charge is -2.26. The predicted molar refractivity (Wildman–Crippen MR) is 60.1 cm³/mol. The van der Waals surface area contributed by atoms with Gasteiger partial charge in [-0.05, 0) is 30.9 Å². The highest BCUT2D eigenvalue weighted by atomic mass is 19.4. The molecule has 0 bridgehead atoms. The number of halogens is 3. The molecule has 0 fully saturated rings. The van der Waals surface area contributed by atoms with Crippen molar-refractivity contribution in [3.05, 3.63) is 22.9 Å². The van der Waals surface area contributed by atoms with Gasteiger partial charge in [-0.2, -0.15) is 18.4 Å². The molecule has 0 amide bonds. The first-order valence-corrected chi connectivity index (χ1v) is 5.63. The van der Waals surface area contributed by atoms with Crippen LogP contribution < -0.4 is 5.32 Å². The standard InChI is InChI=1S/C12H12F3N3/c1-17-11-8(6-16)4-7-5-9(12(13,14)15)2-3-10(7)18-11/h4,9H,2-3,5H2,1H3,(H,17,18). The Kier molecular flexibility index (Phi) is 3.16. The summed E-state index contributed by atoms with van der Waals surface area (Å²) >= 11 is 0. The number of fused-ring (bicyclic) bond motifs is 1. The molecule has 1 aliphatic carbocycles. The van der Waals surface area contributed by atoms with E-state index < -0.39 is 12.1 Å². The van der Waals surface area contributed by atoms with E-state index in [1.54, 1.807) is 7.05 Å². The Hall–Kier alpha value is -1.77. The maximum absolute atomic E-state index is 12.7. The molecule has 0 aliphatic heterocycles. The van der Waals surface area contributed by atoms with Gasteiger partial charge in [0.25, 0.3) is 0 Å². The Morgan fingerprint density at radius 2 is 2.22 bits per heavy atom. The largest absolute Gasteiger partial charge is 0.392 e. The minimum atomic E-state index is -4.17. The summed E-state index contributed by atoms with van der Waals surface area (Å²) in [5, 5.41) is 11.7. The van der Waals surface area contributed by atoms with E-state index in [1.807, 2.05) is 6.07 Å². The van der Waals surface area contributed by atoms with E-state index in [0.29, 0.717) is 29.1 Å². The molecule has 0 aromatic carbocycles.